The van der Waals surface area contributed by atoms with Crippen LogP contribution >= 0.6 is 0 Å². The maximum Gasteiger partial charge on any atom is 0.411 e. The molecule has 2 aliphatic heterocycles. The molecule has 0 aromatic heterocycles. The van der Waals surface area contributed by atoms with Crippen molar-refractivity contribution >= 4 is 12.0 Å². The lowest BCUT2D eigenvalue weighted by atomic mass is 9.87. The van der Waals surface area contributed by atoms with Crippen LogP contribution in [0.1, 0.15) is 58.1 Å². The molecule has 2 atom stereocenters. The number of hydrogen-bond donors (Lipinski definition) is 2. The predicted octanol–water partition coefficient (Wildman–Crippen LogP) is 3.11. The number of aromatic hydroxyl groups is 1. The third-order valence-corrected chi connectivity index (χ3v) is 4.95. The Kier molecular flexibility index (Phi) is 4.39. The Morgan fingerprint density at radius 2 is 1.96 bits per heavy atom. The molecule has 0 bridgehead atoms. The second kappa shape index (κ2) is 6.24. The Morgan fingerprint density at radius 3 is 2.56 bits per heavy atom. The summed E-state index contributed by atoms with van der Waals surface area (Å²) in [5.41, 5.74) is -0.576. The number of hydrogen-bond acceptors (Lipinski definition) is 4. The molecule has 2 amide bonds. The van der Waals surface area contributed by atoms with Crippen molar-refractivity contribution in [2.45, 2.75) is 63.6 Å². The number of likely N-dealkylation sites (tertiary alicyclic amines) is 1. The number of amides is 2. The van der Waals surface area contributed by atoms with Crippen LogP contribution in [0.4, 0.5) is 4.79 Å². The highest BCUT2D eigenvalue weighted by Gasteiger charge is 2.56. The summed E-state index contributed by atoms with van der Waals surface area (Å²) in [7, 11) is 0. The van der Waals surface area contributed by atoms with Gasteiger partial charge in [-0.05, 0) is 64.2 Å². The van der Waals surface area contributed by atoms with Crippen LogP contribution in [0.15, 0.2) is 24.3 Å². The van der Waals surface area contributed by atoms with Crippen LogP contribution in [-0.4, -0.2) is 39.7 Å². The average molecular weight is 346 g/mol. The molecule has 2 fully saturated rings. The van der Waals surface area contributed by atoms with E-state index in [9.17, 15) is 14.7 Å². The van der Waals surface area contributed by atoms with Crippen LogP contribution in [0.3, 0.4) is 0 Å². The number of carbonyl (C=O) groups excluding carboxylic acids is 2. The Hall–Kier alpha value is -2.24. The van der Waals surface area contributed by atoms with Crippen LogP contribution < -0.4 is 5.32 Å². The van der Waals surface area contributed by atoms with E-state index in [0.717, 1.165) is 12.0 Å². The van der Waals surface area contributed by atoms with Gasteiger partial charge in [-0.2, -0.15) is 0 Å². The van der Waals surface area contributed by atoms with Crippen molar-refractivity contribution in [3.05, 3.63) is 29.8 Å². The highest BCUT2D eigenvalue weighted by molar-refractivity contribution is 5.91. The summed E-state index contributed by atoms with van der Waals surface area (Å²) in [5.74, 6) is 0.0848. The number of rotatable bonds is 1. The van der Waals surface area contributed by atoms with Crippen LogP contribution in [0.5, 0.6) is 5.75 Å². The molecule has 2 N–H and O–H groups in total. The normalized spacial score (nSPS) is 26.6. The van der Waals surface area contributed by atoms with Gasteiger partial charge in [-0.3, -0.25) is 9.69 Å². The molecule has 6 nitrogen and oxygen atoms in total. The number of benzene rings is 1. The fraction of sp³-hybridized carbons (Fsp3) is 0.579. The molecule has 1 unspecified atom stereocenters. The maximum atomic E-state index is 13.0. The van der Waals surface area contributed by atoms with E-state index in [2.05, 4.69) is 5.32 Å². The quantitative estimate of drug-likeness (QED) is 0.819. The highest BCUT2D eigenvalue weighted by Crippen LogP contribution is 2.47. The second-order valence-electron chi connectivity index (χ2n) is 7.89. The van der Waals surface area contributed by atoms with E-state index in [4.69, 9.17) is 4.74 Å². The molecule has 2 heterocycles. The Bertz CT molecular complexity index is 665. The number of ether oxygens (including phenoxy) is 1. The zero-order valence-corrected chi connectivity index (χ0v) is 15.0. The van der Waals surface area contributed by atoms with E-state index < -0.39 is 17.2 Å². The molecular weight excluding hydrogens is 320 g/mol. The minimum absolute atomic E-state index is 0.0918. The maximum absolute atomic E-state index is 13.0. The highest BCUT2D eigenvalue weighted by atomic mass is 16.6. The number of carbonyl (C=O) groups is 2. The van der Waals surface area contributed by atoms with Gasteiger partial charge in [-0.15, -0.1) is 0 Å². The molecular formula is C19H26N2O4. The van der Waals surface area contributed by atoms with Crippen LogP contribution in [0, 0.1) is 0 Å². The molecule has 1 spiro atoms. The van der Waals surface area contributed by atoms with Gasteiger partial charge in [0.25, 0.3) is 0 Å². The topological polar surface area (TPSA) is 78.9 Å². The summed E-state index contributed by atoms with van der Waals surface area (Å²) in [6.45, 7) is 6.12. The van der Waals surface area contributed by atoms with Crippen LogP contribution in [0.2, 0.25) is 0 Å². The third-order valence-electron chi connectivity index (χ3n) is 4.95. The Labute approximate surface area is 148 Å². The molecule has 1 aromatic rings. The largest absolute Gasteiger partial charge is 0.508 e. The lowest BCUT2D eigenvalue weighted by Gasteiger charge is -2.42. The van der Waals surface area contributed by atoms with Crippen LogP contribution in [-0.2, 0) is 9.53 Å². The van der Waals surface area contributed by atoms with Crippen molar-refractivity contribution in [3.8, 4) is 5.75 Å². The minimum Gasteiger partial charge on any atom is -0.508 e. The van der Waals surface area contributed by atoms with E-state index in [1.54, 1.807) is 29.2 Å². The van der Waals surface area contributed by atoms with E-state index in [1.807, 2.05) is 20.8 Å². The zero-order chi connectivity index (χ0) is 18.2. The number of nitrogens with zero attached hydrogens (tertiary/aromatic N) is 1. The Morgan fingerprint density at radius 1 is 1.28 bits per heavy atom. The SMILES string of the molecule is CC(C)(C)OC(=O)N1C(c2ccc(O)cc2)CC[C@]12CCCNC2=O. The molecule has 0 aliphatic carbocycles. The van der Waals surface area contributed by atoms with Crippen molar-refractivity contribution < 1.29 is 19.4 Å². The Balaban J connectivity index is 1.99. The van der Waals surface area contributed by atoms with E-state index in [-0.39, 0.29) is 17.7 Å². The van der Waals surface area contributed by atoms with Gasteiger partial charge in [0.1, 0.15) is 16.9 Å². The summed E-state index contributed by atoms with van der Waals surface area (Å²) in [6, 6.07) is 6.58. The zero-order valence-electron chi connectivity index (χ0n) is 15.0. The van der Waals surface area contributed by atoms with Crippen molar-refractivity contribution in [2.75, 3.05) is 6.54 Å². The van der Waals surface area contributed by atoms with Crippen molar-refractivity contribution in [1.82, 2.24) is 10.2 Å². The first-order valence-electron chi connectivity index (χ1n) is 8.82. The standard InChI is InChI=1S/C19H26N2O4/c1-18(2,3)25-17(24)21-15(13-5-7-14(22)8-6-13)9-11-19(21)10-4-12-20-16(19)23/h5-8,15,22H,4,9-12H2,1-3H3,(H,20,23)/t15?,19-/m0/s1. The average Bonchev–Trinajstić information content (AvgIpc) is 2.90. The van der Waals surface area contributed by atoms with Gasteiger partial charge in [-0.25, -0.2) is 4.79 Å². The molecule has 25 heavy (non-hydrogen) atoms. The molecule has 136 valence electrons. The summed E-state index contributed by atoms with van der Waals surface area (Å²) in [5, 5.41) is 12.5. The van der Waals surface area contributed by atoms with Crippen LogP contribution in [0.25, 0.3) is 0 Å². The molecule has 6 heteroatoms. The van der Waals surface area contributed by atoms with Crippen molar-refractivity contribution in [2.24, 2.45) is 0 Å². The molecule has 0 saturated carbocycles. The molecule has 2 saturated heterocycles. The smallest absolute Gasteiger partial charge is 0.411 e. The van der Waals surface area contributed by atoms with Gasteiger partial charge < -0.3 is 15.2 Å². The monoisotopic (exact) mass is 346 g/mol. The van der Waals surface area contributed by atoms with Crippen molar-refractivity contribution in [3.63, 3.8) is 0 Å². The van der Waals surface area contributed by atoms with Gasteiger partial charge in [0, 0.05) is 6.54 Å². The summed E-state index contributed by atoms with van der Waals surface area (Å²) >= 11 is 0. The summed E-state index contributed by atoms with van der Waals surface area (Å²) in [6.07, 6.45) is 2.33. The fourth-order valence-corrected chi connectivity index (χ4v) is 3.88. The predicted molar refractivity (Wildman–Crippen MR) is 93.1 cm³/mol. The first-order valence-corrected chi connectivity index (χ1v) is 8.82. The number of piperidine rings is 1. The molecule has 2 aliphatic rings. The summed E-state index contributed by atoms with van der Waals surface area (Å²) in [4.78, 5) is 27.4. The second-order valence-corrected chi connectivity index (χ2v) is 7.89. The van der Waals surface area contributed by atoms with E-state index >= 15 is 0 Å². The molecule has 3 rings (SSSR count). The van der Waals surface area contributed by atoms with Gasteiger partial charge >= 0.3 is 6.09 Å². The fourth-order valence-electron chi connectivity index (χ4n) is 3.88. The van der Waals surface area contributed by atoms with E-state index in [0.29, 0.717) is 25.8 Å². The van der Waals surface area contributed by atoms with Gasteiger partial charge in [0.05, 0.1) is 6.04 Å². The molecule has 1 aromatic carbocycles. The van der Waals surface area contributed by atoms with E-state index in [1.165, 1.54) is 0 Å². The lowest BCUT2D eigenvalue weighted by molar-refractivity contribution is -0.135. The van der Waals surface area contributed by atoms with Gasteiger partial charge in [0.2, 0.25) is 5.91 Å². The number of phenols is 1. The first-order chi connectivity index (χ1) is 11.7. The van der Waals surface area contributed by atoms with Gasteiger partial charge in [-0.1, -0.05) is 12.1 Å². The van der Waals surface area contributed by atoms with Gasteiger partial charge in [0.15, 0.2) is 0 Å². The van der Waals surface area contributed by atoms with Crippen molar-refractivity contribution in [1.29, 1.82) is 0 Å². The first kappa shape index (κ1) is 17.6. The molecule has 0 radical (unpaired) electrons. The number of nitrogens with one attached hydrogen (secondary N) is 1. The number of phenolic OH excluding ortho intramolecular Hbond substituents is 1. The summed E-state index contributed by atoms with van der Waals surface area (Å²) < 4.78 is 5.63. The third kappa shape index (κ3) is 3.30. The minimum atomic E-state index is -0.844. The lowest BCUT2D eigenvalue weighted by Crippen LogP contribution is -2.61.